The van der Waals surface area contributed by atoms with Crippen LogP contribution < -0.4 is 0 Å². The molecule has 0 spiro atoms. The van der Waals surface area contributed by atoms with Crippen LogP contribution in [0.2, 0.25) is 5.02 Å². The average molecular weight is 332 g/mol. The van der Waals surface area contributed by atoms with Crippen molar-refractivity contribution in [2.45, 2.75) is 25.3 Å². The normalized spacial score (nSPS) is 21.9. The number of hydrogen-bond donors (Lipinski definition) is 1. The molecule has 21 heavy (non-hydrogen) atoms. The fourth-order valence-electron chi connectivity index (χ4n) is 2.30. The van der Waals surface area contributed by atoms with Crippen molar-refractivity contribution < 1.29 is 19.1 Å². The minimum Gasteiger partial charge on any atom is -0.480 e. The van der Waals surface area contributed by atoms with E-state index in [1.165, 1.54) is 34.9 Å². The van der Waals surface area contributed by atoms with E-state index < -0.39 is 23.7 Å². The summed E-state index contributed by atoms with van der Waals surface area (Å²) >= 11 is 7.09. The Hall–Kier alpha value is -1.27. The van der Waals surface area contributed by atoms with Crippen molar-refractivity contribution in [3.8, 4) is 0 Å². The van der Waals surface area contributed by atoms with Crippen molar-refractivity contribution in [1.29, 1.82) is 0 Å². The molecule has 1 aliphatic heterocycles. The zero-order chi connectivity index (χ0) is 15.7. The van der Waals surface area contributed by atoms with Crippen LogP contribution in [0, 0.1) is 11.7 Å². The summed E-state index contributed by atoms with van der Waals surface area (Å²) < 4.78 is 14.0. The van der Waals surface area contributed by atoms with E-state index in [1.807, 2.05) is 13.8 Å². The number of benzene rings is 1. The average Bonchev–Trinajstić information content (AvgIpc) is 2.86. The maximum absolute atomic E-state index is 14.0. The zero-order valence-electron chi connectivity index (χ0n) is 11.5. The molecule has 1 aliphatic rings. The van der Waals surface area contributed by atoms with Crippen LogP contribution in [0.3, 0.4) is 0 Å². The van der Waals surface area contributed by atoms with E-state index in [2.05, 4.69) is 0 Å². The molecule has 0 aromatic heterocycles. The Morgan fingerprint density at radius 2 is 2.14 bits per heavy atom. The maximum atomic E-state index is 14.0. The summed E-state index contributed by atoms with van der Waals surface area (Å²) in [4.78, 5) is 25.2. The smallest absolute Gasteiger partial charge is 0.327 e. The molecule has 1 saturated heterocycles. The monoisotopic (exact) mass is 331 g/mol. The predicted octanol–water partition coefficient (Wildman–Crippen LogP) is 3.10. The van der Waals surface area contributed by atoms with Crippen LogP contribution in [-0.4, -0.2) is 39.1 Å². The largest absolute Gasteiger partial charge is 0.480 e. The fourth-order valence-corrected chi connectivity index (χ4v) is 3.94. The lowest BCUT2D eigenvalue weighted by Gasteiger charge is -2.29. The van der Waals surface area contributed by atoms with Gasteiger partial charge in [-0.3, -0.25) is 4.79 Å². The molecule has 2 rings (SSSR count). The molecule has 0 bridgehead atoms. The van der Waals surface area contributed by atoms with Crippen molar-refractivity contribution in [2.24, 2.45) is 5.92 Å². The number of halogens is 2. The number of rotatable bonds is 3. The molecule has 0 radical (unpaired) electrons. The third-order valence-electron chi connectivity index (χ3n) is 3.31. The van der Waals surface area contributed by atoms with E-state index in [1.54, 1.807) is 0 Å². The molecule has 0 saturated carbocycles. The summed E-state index contributed by atoms with van der Waals surface area (Å²) in [6.07, 6.45) is 0. The third kappa shape index (κ3) is 3.01. The number of aliphatic carboxylic acids is 1. The van der Waals surface area contributed by atoms with Crippen molar-refractivity contribution in [2.75, 3.05) is 5.75 Å². The minimum atomic E-state index is -1.08. The number of thioether (sulfide) groups is 1. The Labute approximate surface area is 131 Å². The highest BCUT2D eigenvalue weighted by Gasteiger charge is 2.43. The molecule has 7 heteroatoms. The van der Waals surface area contributed by atoms with Crippen LogP contribution in [0.5, 0.6) is 0 Å². The molecule has 114 valence electrons. The standard InChI is InChI=1S/C14H15ClFNO3S/c1-7(2)13-17(10(6-21-13)14(19)20)12(18)8-4-3-5-9(15)11(8)16/h3-5,7,10,13H,6H2,1-2H3,(H,19,20). The van der Waals surface area contributed by atoms with Gasteiger partial charge in [0.05, 0.1) is 16.0 Å². The van der Waals surface area contributed by atoms with E-state index in [9.17, 15) is 19.1 Å². The van der Waals surface area contributed by atoms with E-state index >= 15 is 0 Å². The Morgan fingerprint density at radius 3 is 2.71 bits per heavy atom. The first-order chi connectivity index (χ1) is 9.84. The minimum absolute atomic E-state index is 0.0607. The quantitative estimate of drug-likeness (QED) is 0.924. The molecule has 4 nitrogen and oxygen atoms in total. The van der Waals surface area contributed by atoms with Crippen LogP contribution in [0.25, 0.3) is 0 Å². The number of carboxylic acids is 1. The van der Waals surface area contributed by atoms with E-state index in [0.29, 0.717) is 5.75 Å². The maximum Gasteiger partial charge on any atom is 0.327 e. The lowest BCUT2D eigenvalue weighted by atomic mass is 10.1. The van der Waals surface area contributed by atoms with Gasteiger partial charge in [0.2, 0.25) is 0 Å². The van der Waals surface area contributed by atoms with Gasteiger partial charge < -0.3 is 10.0 Å². The first-order valence-corrected chi connectivity index (χ1v) is 7.88. The van der Waals surface area contributed by atoms with Gasteiger partial charge in [-0.1, -0.05) is 31.5 Å². The van der Waals surface area contributed by atoms with Gasteiger partial charge in [-0.15, -0.1) is 11.8 Å². The Balaban J connectivity index is 2.42. The van der Waals surface area contributed by atoms with Crippen molar-refractivity contribution >= 4 is 35.2 Å². The molecule has 1 aromatic rings. The topological polar surface area (TPSA) is 57.6 Å². The number of amides is 1. The predicted molar refractivity (Wildman–Crippen MR) is 80.1 cm³/mol. The number of carbonyl (C=O) groups is 2. The van der Waals surface area contributed by atoms with E-state index in [0.717, 1.165) is 0 Å². The number of nitrogens with zero attached hydrogens (tertiary/aromatic N) is 1. The van der Waals surface area contributed by atoms with E-state index in [4.69, 9.17) is 11.6 Å². The lowest BCUT2D eigenvalue weighted by Crippen LogP contribution is -2.47. The highest BCUT2D eigenvalue weighted by molar-refractivity contribution is 8.00. The van der Waals surface area contributed by atoms with Gasteiger partial charge in [-0.05, 0) is 18.1 Å². The summed E-state index contributed by atoms with van der Waals surface area (Å²) in [5.74, 6) is -2.17. The molecule has 1 amide bonds. The van der Waals surface area contributed by atoms with Gasteiger partial charge in [0, 0.05) is 5.75 Å². The fraction of sp³-hybridized carbons (Fsp3) is 0.429. The summed E-state index contributed by atoms with van der Waals surface area (Å²) in [5.41, 5.74) is -0.193. The second-order valence-corrected chi connectivity index (χ2v) is 6.69. The summed E-state index contributed by atoms with van der Waals surface area (Å²) in [6.45, 7) is 3.80. The van der Waals surface area contributed by atoms with Crippen molar-refractivity contribution in [3.63, 3.8) is 0 Å². The van der Waals surface area contributed by atoms with Crippen LogP contribution in [0.1, 0.15) is 24.2 Å². The highest BCUT2D eigenvalue weighted by atomic mass is 35.5. The molecule has 1 N–H and O–H groups in total. The molecule has 1 heterocycles. The highest BCUT2D eigenvalue weighted by Crippen LogP contribution is 2.35. The van der Waals surface area contributed by atoms with Gasteiger partial charge in [0.25, 0.3) is 5.91 Å². The van der Waals surface area contributed by atoms with Gasteiger partial charge in [0.15, 0.2) is 5.82 Å². The number of carbonyl (C=O) groups excluding carboxylic acids is 1. The third-order valence-corrected chi connectivity index (χ3v) is 5.22. The number of hydrogen-bond acceptors (Lipinski definition) is 3. The second kappa shape index (κ2) is 6.23. The summed E-state index contributed by atoms with van der Waals surface area (Å²) in [5, 5.41) is 8.83. The first-order valence-electron chi connectivity index (χ1n) is 6.45. The lowest BCUT2D eigenvalue weighted by molar-refractivity contribution is -0.141. The molecular weight excluding hydrogens is 317 g/mol. The molecule has 2 unspecified atom stereocenters. The molecule has 2 atom stereocenters. The van der Waals surface area contributed by atoms with Crippen molar-refractivity contribution in [3.05, 3.63) is 34.6 Å². The molecular formula is C14H15ClFNO3S. The zero-order valence-corrected chi connectivity index (χ0v) is 13.1. The van der Waals surface area contributed by atoms with Gasteiger partial charge >= 0.3 is 5.97 Å². The molecule has 0 aliphatic carbocycles. The van der Waals surface area contributed by atoms with Gasteiger partial charge in [-0.2, -0.15) is 0 Å². The van der Waals surface area contributed by atoms with Crippen LogP contribution >= 0.6 is 23.4 Å². The van der Waals surface area contributed by atoms with Crippen LogP contribution in [0.15, 0.2) is 18.2 Å². The Kier molecular flexibility index (Phi) is 4.78. The Morgan fingerprint density at radius 1 is 1.48 bits per heavy atom. The van der Waals surface area contributed by atoms with Crippen LogP contribution in [-0.2, 0) is 4.79 Å². The van der Waals surface area contributed by atoms with Crippen molar-refractivity contribution in [1.82, 2.24) is 4.90 Å². The van der Waals surface area contributed by atoms with Crippen LogP contribution in [0.4, 0.5) is 4.39 Å². The molecule has 1 fully saturated rings. The van der Waals surface area contributed by atoms with E-state index in [-0.39, 0.29) is 21.9 Å². The number of carboxylic acid groups (broad SMARTS) is 1. The second-order valence-electron chi connectivity index (χ2n) is 5.14. The summed E-state index contributed by atoms with van der Waals surface area (Å²) in [6, 6.07) is 3.19. The SMILES string of the molecule is CC(C)C1SCC(C(=O)O)N1C(=O)c1cccc(Cl)c1F. The van der Waals surface area contributed by atoms with Gasteiger partial charge in [0.1, 0.15) is 6.04 Å². The summed E-state index contributed by atoms with van der Waals surface area (Å²) in [7, 11) is 0. The van der Waals surface area contributed by atoms with Gasteiger partial charge in [-0.25, -0.2) is 9.18 Å². The first kappa shape index (κ1) is 16.1. The molecule has 1 aromatic carbocycles. The Bertz CT molecular complexity index is 581.